The van der Waals surface area contributed by atoms with Gasteiger partial charge in [0, 0.05) is 41.8 Å². The molecule has 0 fully saturated rings. The SMILES string of the molecule is CCN(CC)S(=O)(=O)c1cc(C(=O)Nc2ccc(N(c3ccccc3)C(C)C)cc2)ccc1Cl. The molecule has 0 atom stereocenters. The summed E-state index contributed by atoms with van der Waals surface area (Å²) in [6.07, 6.45) is 0. The lowest BCUT2D eigenvalue weighted by Gasteiger charge is -2.29. The van der Waals surface area contributed by atoms with Gasteiger partial charge in [-0.05, 0) is 68.4 Å². The summed E-state index contributed by atoms with van der Waals surface area (Å²) in [6, 6.07) is 22.2. The Kier molecular flexibility index (Phi) is 8.36. The average molecular weight is 500 g/mol. The highest BCUT2D eigenvalue weighted by Gasteiger charge is 2.25. The lowest BCUT2D eigenvalue weighted by atomic mass is 10.1. The number of nitrogens with one attached hydrogen (secondary N) is 1. The number of anilines is 3. The van der Waals surface area contributed by atoms with Gasteiger partial charge in [0.15, 0.2) is 0 Å². The molecule has 34 heavy (non-hydrogen) atoms. The molecule has 0 saturated carbocycles. The molecule has 3 aromatic carbocycles. The molecule has 6 nitrogen and oxygen atoms in total. The van der Waals surface area contributed by atoms with Crippen LogP contribution in [0.2, 0.25) is 5.02 Å². The zero-order valence-electron chi connectivity index (χ0n) is 19.8. The molecule has 1 N–H and O–H groups in total. The average Bonchev–Trinajstić information content (AvgIpc) is 2.81. The Balaban J connectivity index is 1.83. The number of rotatable bonds is 9. The third-order valence-corrected chi connectivity index (χ3v) is 8.00. The topological polar surface area (TPSA) is 69.7 Å². The van der Waals surface area contributed by atoms with Crippen LogP contribution < -0.4 is 10.2 Å². The highest BCUT2D eigenvalue weighted by Crippen LogP contribution is 2.29. The van der Waals surface area contributed by atoms with Crippen LogP contribution in [0.3, 0.4) is 0 Å². The number of amides is 1. The minimum Gasteiger partial charge on any atom is -0.339 e. The van der Waals surface area contributed by atoms with E-state index in [2.05, 4.69) is 36.2 Å². The van der Waals surface area contributed by atoms with Crippen molar-refractivity contribution in [2.24, 2.45) is 0 Å². The summed E-state index contributed by atoms with van der Waals surface area (Å²) in [5.41, 5.74) is 2.90. The lowest BCUT2D eigenvalue weighted by molar-refractivity contribution is 0.102. The number of nitrogens with zero attached hydrogens (tertiary/aromatic N) is 2. The van der Waals surface area contributed by atoms with E-state index in [4.69, 9.17) is 11.6 Å². The Bertz CT molecular complexity index is 1230. The van der Waals surface area contributed by atoms with Crippen LogP contribution in [0.1, 0.15) is 38.1 Å². The van der Waals surface area contributed by atoms with Crippen molar-refractivity contribution in [2.45, 2.75) is 38.6 Å². The van der Waals surface area contributed by atoms with Gasteiger partial charge in [-0.15, -0.1) is 0 Å². The van der Waals surface area contributed by atoms with Crippen LogP contribution in [0.25, 0.3) is 0 Å². The highest BCUT2D eigenvalue weighted by molar-refractivity contribution is 7.89. The van der Waals surface area contributed by atoms with Crippen molar-refractivity contribution in [3.8, 4) is 0 Å². The first-order chi connectivity index (χ1) is 16.2. The minimum atomic E-state index is -3.79. The molecule has 8 heteroatoms. The maximum absolute atomic E-state index is 12.9. The monoisotopic (exact) mass is 499 g/mol. The van der Waals surface area contributed by atoms with Crippen molar-refractivity contribution in [1.29, 1.82) is 0 Å². The van der Waals surface area contributed by atoms with Crippen LogP contribution in [0.5, 0.6) is 0 Å². The quantitative estimate of drug-likeness (QED) is 0.382. The highest BCUT2D eigenvalue weighted by atomic mass is 35.5. The van der Waals surface area contributed by atoms with E-state index in [0.717, 1.165) is 11.4 Å². The van der Waals surface area contributed by atoms with E-state index in [9.17, 15) is 13.2 Å². The first-order valence-corrected chi connectivity index (χ1v) is 13.1. The first-order valence-electron chi connectivity index (χ1n) is 11.2. The Morgan fingerprint density at radius 3 is 2.06 bits per heavy atom. The minimum absolute atomic E-state index is 0.0729. The van der Waals surface area contributed by atoms with E-state index in [-0.39, 0.29) is 21.5 Å². The number of halogens is 1. The zero-order chi connectivity index (χ0) is 24.9. The smallest absolute Gasteiger partial charge is 0.255 e. The van der Waals surface area contributed by atoms with Gasteiger partial charge in [0.1, 0.15) is 4.90 Å². The molecule has 0 saturated heterocycles. The first kappa shape index (κ1) is 25.7. The molecule has 3 aromatic rings. The molecule has 0 heterocycles. The van der Waals surface area contributed by atoms with E-state index < -0.39 is 15.9 Å². The summed E-state index contributed by atoms with van der Waals surface area (Å²) in [5.74, 6) is -0.413. The van der Waals surface area contributed by atoms with Crippen molar-refractivity contribution in [3.63, 3.8) is 0 Å². The number of para-hydroxylation sites is 1. The molecule has 0 aromatic heterocycles. The fourth-order valence-corrected chi connectivity index (χ4v) is 5.75. The summed E-state index contributed by atoms with van der Waals surface area (Å²) in [7, 11) is -3.79. The Hall–Kier alpha value is -2.87. The van der Waals surface area contributed by atoms with Gasteiger partial charge in [-0.1, -0.05) is 43.6 Å². The van der Waals surface area contributed by atoms with Gasteiger partial charge in [0.2, 0.25) is 10.0 Å². The van der Waals surface area contributed by atoms with Gasteiger partial charge in [-0.3, -0.25) is 4.79 Å². The van der Waals surface area contributed by atoms with E-state index in [0.29, 0.717) is 18.8 Å². The summed E-state index contributed by atoms with van der Waals surface area (Å²) in [6.45, 7) is 8.38. The van der Waals surface area contributed by atoms with Gasteiger partial charge in [0.05, 0.1) is 5.02 Å². The molecule has 180 valence electrons. The molecule has 0 aliphatic rings. The maximum Gasteiger partial charge on any atom is 0.255 e. The van der Waals surface area contributed by atoms with Crippen molar-refractivity contribution in [2.75, 3.05) is 23.3 Å². The lowest BCUT2D eigenvalue weighted by Crippen LogP contribution is -2.31. The van der Waals surface area contributed by atoms with E-state index >= 15 is 0 Å². The predicted molar refractivity (Wildman–Crippen MR) is 140 cm³/mol. The second kappa shape index (κ2) is 11.0. The van der Waals surface area contributed by atoms with E-state index in [1.54, 1.807) is 13.8 Å². The molecule has 3 rings (SSSR count). The van der Waals surface area contributed by atoms with Crippen LogP contribution in [-0.4, -0.2) is 37.8 Å². The Morgan fingerprint density at radius 2 is 1.50 bits per heavy atom. The number of hydrogen-bond donors (Lipinski definition) is 1. The predicted octanol–water partition coefficient (Wildman–Crippen LogP) is 6.17. The summed E-state index contributed by atoms with van der Waals surface area (Å²) < 4.78 is 27.2. The third kappa shape index (κ3) is 5.60. The number of hydrogen-bond acceptors (Lipinski definition) is 4. The van der Waals surface area contributed by atoms with E-state index in [1.165, 1.54) is 22.5 Å². The van der Waals surface area contributed by atoms with Crippen LogP contribution in [0.4, 0.5) is 17.1 Å². The van der Waals surface area contributed by atoms with Gasteiger partial charge < -0.3 is 10.2 Å². The number of carbonyl (C=O) groups excluding carboxylic acids is 1. The molecule has 0 radical (unpaired) electrons. The van der Waals surface area contributed by atoms with Gasteiger partial charge in [0.25, 0.3) is 5.91 Å². The largest absolute Gasteiger partial charge is 0.339 e. The van der Waals surface area contributed by atoms with Crippen molar-refractivity contribution >= 4 is 44.6 Å². The molecular formula is C26H30ClN3O3S. The molecule has 1 amide bonds. The molecule has 0 spiro atoms. The number of carbonyl (C=O) groups is 1. The number of benzene rings is 3. The molecule has 0 unspecified atom stereocenters. The summed E-state index contributed by atoms with van der Waals surface area (Å²) >= 11 is 6.18. The Labute approximate surface area is 207 Å². The van der Waals surface area contributed by atoms with Gasteiger partial charge >= 0.3 is 0 Å². The molecular weight excluding hydrogens is 470 g/mol. The van der Waals surface area contributed by atoms with Crippen molar-refractivity contribution < 1.29 is 13.2 Å². The summed E-state index contributed by atoms with van der Waals surface area (Å²) in [5, 5.41) is 2.93. The second-order valence-electron chi connectivity index (χ2n) is 8.03. The van der Waals surface area contributed by atoms with Crippen LogP contribution in [0.15, 0.2) is 77.7 Å². The second-order valence-corrected chi connectivity index (χ2v) is 10.3. The Morgan fingerprint density at radius 1 is 0.912 bits per heavy atom. The standard InChI is InChI=1S/C26H30ClN3O3S/c1-5-29(6-2)34(32,33)25-18-20(12-17-24(25)27)26(31)28-21-13-15-23(16-14-21)30(19(3)4)22-10-8-7-9-11-22/h7-19H,5-6H2,1-4H3,(H,28,31). The fraction of sp³-hybridized carbons (Fsp3) is 0.269. The van der Waals surface area contributed by atoms with Gasteiger partial charge in [-0.25, -0.2) is 8.42 Å². The van der Waals surface area contributed by atoms with E-state index in [1.807, 2.05) is 42.5 Å². The van der Waals surface area contributed by atoms with Crippen molar-refractivity contribution in [3.05, 3.63) is 83.4 Å². The molecule has 0 bridgehead atoms. The maximum atomic E-state index is 12.9. The zero-order valence-corrected chi connectivity index (χ0v) is 21.4. The normalized spacial score (nSPS) is 11.6. The third-order valence-electron chi connectivity index (χ3n) is 5.47. The van der Waals surface area contributed by atoms with Crippen LogP contribution in [-0.2, 0) is 10.0 Å². The van der Waals surface area contributed by atoms with Crippen LogP contribution in [0, 0.1) is 0 Å². The molecule has 0 aliphatic heterocycles. The fourth-order valence-electron chi connectivity index (χ4n) is 3.79. The number of sulfonamides is 1. The summed E-state index contributed by atoms with van der Waals surface area (Å²) in [4.78, 5) is 15.0. The van der Waals surface area contributed by atoms with Gasteiger partial charge in [-0.2, -0.15) is 4.31 Å². The van der Waals surface area contributed by atoms with Crippen LogP contribution >= 0.6 is 11.6 Å². The molecule has 0 aliphatic carbocycles. The van der Waals surface area contributed by atoms with Crippen molar-refractivity contribution in [1.82, 2.24) is 4.31 Å².